The number of nitrogens with one attached hydrogen (secondary N) is 1. The molecule has 4 aromatic rings. The van der Waals surface area contributed by atoms with E-state index in [1.54, 1.807) is 19.4 Å². The van der Waals surface area contributed by atoms with Crippen LogP contribution in [0.25, 0.3) is 33.8 Å². The molecule has 2 amide bonds. The predicted octanol–water partition coefficient (Wildman–Crippen LogP) is 7.33. The van der Waals surface area contributed by atoms with Crippen LogP contribution >= 0.6 is 0 Å². The number of hydrogen-bond donors (Lipinski definition) is 1. The first-order chi connectivity index (χ1) is 26.3. The fourth-order valence-corrected chi connectivity index (χ4v) is 11.2. The summed E-state index contributed by atoms with van der Waals surface area (Å²) in [5.74, 6) is 0.184. The van der Waals surface area contributed by atoms with Crippen molar-refractivity contribution in [3.63, 3.8) is 0 Å². The van der Waals surface area contributed by atoms with Crippen LogP contribution in [0.15, 0.2) is 42.6 Å². The average molecular weight is 767 g/mol. The van der Waals surface area contributed by atoms with Gasteiger partial charge in [-0.15, -0.1) is 0 Å². The van der Waals surface area contributed by atoms with Gasteiger partial charge < -0.3 is 19.1 Å². The van der Waals surface area contributed by atoms with Gasteiger partial charge in [0, 0.05) is 53.2 Å². The molecule has 2 bridgehead atoms. The number of piperazine rings is 1. The molecular formula is C43H54N6O5S. The summed E-state index contributed by atoms with van der Waals surface area (Å²) in [6.07, 6.45) is 11.6. The summed E-state index contributed by atoms with van der Waals surface area (Å²) in [4.78, 5) is 32.9. The maximum absolute atomic E-state index is 14.8. The van der Waals surface area contributed by atoms with E-state index in [4.69, 9.17) is 9.84 Å². The van der Waals surface area contributed by atoms with E-state index in [0.717, 1.165) is 96.4 Å². The summed E-state index contributed by atoms with van der Waals surface area (Å²) in [7, 11) is -0.00554. The number of benzene rings is 2. The first kappa shape index (κ1) is 37.5. The van der Waals surface area contributed by atoms with E-state index in [0.29, 0.717) is 18.0 Å². The Bertz CT molecular complexity index is 2280. The third-order valence-electron chi connectivity index (χ3n) is 12.1. The average Bonchev–Trinajstić information content (AvgIpc) is 3.77. The number of likely N-dealkylation sites (N-methyl/N-ethyl adjacent to an activating group) is 1. The van der Waals surface area contributed by atoms with Gasteiger partial charge in [-0.25, -0.2) is 13.1 Å². The van der Waals surface area contributed by atoms with Crippen LogP contribution in [0, 0.1) is 5.92 Å². The van der Waals surface area contributed by atoms with E-state index in [9.17, 15) is 18.0 Å². The van der Waals surface area contributed by atoms with Crippen molar-refractivity contribution in [1.82, 2.24) is 28.9 Å². The first-order valence-electron chi connectivity index (χ1n) is 20.0. The molecule has 292 valence electrons. The number of carbonyl (C=O) groups excluding carboxylic acids is 2. The summed E-state index contributed by atoms with van der Waals surface area (Å²) in [5.41, 5.74) is 7.88. The number of hydrogen-bond acceptors (Lipinski definition) is 7. The highest BCUT2D eigenvalue weighted by atomic mass is 32.2. The van der Waals surface area contributed by atoms with Crippen LogP contribution in [-0.4, -0.2) is 89.5 Å². The Morgan fingerprint density at radius 3 is 2.35 bits per heavy atom. The molecule has 12 heteroatoms. The second-order valence-corrected chi connectivity index (χ2v) is 18.7. The molecule has 5 heterocycles. The fraction of sp³-hybridized carbons (Fsp3) is 0.512. The Morgan fingerprint density at radius 1 is 0.945 bits per heavy atom. The van der Waals surface area contributed by atoms with Gasteiger partial charge in [0.15, 0.2) is 0 Å². The lowest BCUT2D eigenvalue weighted by molar-refractivity contribution is 0.0472. The van der Waals surface area contributed by atoms with E-state index < -0.39 is 15.9 Å². The van der Waals surface area contributed by atoms with Crippen molar-refractivity contribution >= 4 is 44.4 Å². The fourth-order valence-electron chi connectivity index (χ4n) is 9.82. The Kier molecular flexibility index (Phi) is 9.94. The second kappa shape index (κ2) is 14.6. The molecule has 3 fully saturated rings. The number of nitrogens with zero attached hydrogens (tertiary/aromatic N) is 5. The molecule has 1 aliphatic carbocycles. The molecular weight excluding hydrogens is 713 g/mol. The van der Waals surface area contributed by atoms with E-state index in [1.807, 2.05) is 36.7 Å². The van der Waals surface area contributed by atoms with Crippen LogP contribution in [-0.2, 0) is 16.6 Å². The molecule has 8 rings (SSSR count). The largest absolute Gasteiger partial charge is 0.497 e. The SMILES string of the molecule is COc1ccc2c(c1)C=C(c1c(C(=O)N3C4CCC3CN(C)C4)cnn1C(C)C)Cn1c-2c(C2CCCCC2)c2ccc(C(=O)NS(=O)(=O)CC(C)C)cc21. The van der Waals surface area contributed by atoms with E-state index in [1.165, 1.54) is 12.0 Å². The lowest BCUT2D eigenvalue weighted by atomic mass is 9.81. The van der Waals surface area contributed by atoms with Crippen LogP contribution in [0.4, 0.5) is 0 Å². The zero-order valence-corrected chi connectivity index (χ0v) is 33.8. The molecule has 4 aliphatic rings. The van der Waals surface area contributed by atoms with E-state index in [2.05, 4.69) is 58.2 Å². The highest BCUT2D eigenvalue weighted by molar-refractivity contribution is 7.90. The zero-order chi connectivity index (χ0) is 38.8. The monoisotopic (exact) mass is 766 g/mol. The molecule has 0 spiro atoms. The molecule has 2 aromatic carbocycles. The number of aromatic nitrogens is 3. The summed E-state index contributed by atoms with van der Waals surface area (Å²) >= 11 is 0. The van der Waals surface area contributed by atoms with E-state index >= 15 is 0 Å². The Morgan fingerprint density at radius 2 is 1.67 bits per heavy atom. The molecule has 2 atom stereocenters. The van der Waals surface area contributed by atoms with Gasteiger partial charge in [-0.2, -0.15) is 5.10 Å². The normalized spacial score (nSPS) is 20.4. The number of carbonyl (C=O) groups is 2. The van der Waals surface area contributed by atoms with Gasteiger partial charge in [-0.05, 0) is 112 Å². The van der Waals surface area contributed by atoms with Crippen LogP contribution in [0.1, 0.15) is 122 Å². The van der Waals surface area contributed by atoms with Crippen molar-refractivity contribution in [3.8, 4) is 17.0 Å². The van der Waals surface area contributed by atoms with Crippen LogP contribution < -0.4 is 9.46 Å². The third-order valence-corrected chi connectivity index (χ3v) is 13.7. The topological polar surface area (TPSA) is 119 Å². The smallest absolute Gasteiger partial charge is 0.264 e. The summed E-state index contributed by atoms with van der Waals surface area (Å²) in [6.45, 7) is 9.96. The molecule has 1 saturated carbocycles. The van der Waals surface area contributed by atoms with Gasteiger partial charge in [-0.1, -0.05) is 39.2 Å². The minimum Gasteiger partial charge on any atom is -0.497 e. The molecule has 11 nitrogen and oxygen atoms in total. The Hall–Kier alpha value is -4.42. The number of rotatable bonds is 9. The summed E-state index contributed by atoms with van der Waals surface area (Å²) in [5, 5.41) is 5.94. The quantitative estimate of drug-likeness (QED) is 0.190. The van der Waals surface area contributed by atoms with Gasteiger partial charge in [0.05, 0.1) is 42.6 Å². The predicted molar refractivity (Wildman–Crippen MR) is 217 cm³/mol. The van der Waals surface area contributed by atoms with Gasteiger partial charge in [0.1, 0.15) is 5.75 Å². The van der Waals surface area contributed by atoms with Crippen molar-refractivity contribution in [2.75, 3.05) is 33.0 Å². The van der Waals surface area contributed by atoms with Crippen molar-refractivity contribution in [2.24, 2.45) is 5.92 Å². The molecule has 2 saturated heterocycles. The van der Waals surface area contributed by atoms with Crippen molar-refractivity contribution in [3.05, 3.63) is 70.5 Å². The molecule has 55 heavy (non-hydrogen) atoms. The second-order valence-electron chi connectivity index (χ2n) is 16.9. The maximum atomic E-state index is 14.8. The summed E-state index contributed by atoms with van der Waals surface area (Å²) in [6, 6.07) is 12.2. The van der Waals surface area contributed by atoms with Crippen LogP contribution in [0.5, 0.6) is 5.75 Å². The third kappa shape index (κ3) is 6.90. The molecule has 2 unspecified atom stereocenters. The van der Waals surface area contributed by atoms with Crippen LogP contribution in [0.2, 0.25) is 0 Å². The molecule has 0 radical (unpaired) electrons. The number of likely N-dealkylation sites (tertiary alicyclic amines) is 1. The van der Waals surface area contributed by atoms with Gasteiger partial charge in [0.25, 0.3) is 11.8 Å². The van der Waals surface area contributed by atoms with E-state index in [-0.39, 0.29) is 41.3 Å². The van der Waals surface area contributed by atoms with Gasteiger partial charge in [-0.3, -0.25) is 14.3 Å². The standard InChI is InChI=1S/C43H54N6O5S/c1-26(2)25-55(52,53)45-42(50)29-12-16-36-38(20-29)47-22-31(18-30-19-34(54-6)15-17-35(30)41(47)39(36)28-10-8-7-9-11-28)40-37(21-44-49(40)27(3)4)43(51)48-32-13-14-33(48)24-46(5)23-32/h12,15-21,26-28,32-33H,7-11,13-14,22-25H2,1-6H3,(H,45,50). The van der Waals surface area contributed by atoms with Crippen molar-refractivity contribution in [2.45, 2.75) is 103 Å². The van der Waals surface area contributed by atoms with Gasteiger partial charge in [0.2, 0.25) is 10.0 Å². The number of sulfonamides is 1. The molecule has 3 aliphatic heterocycles. The minimum absolute atomic E-state index is 0.0172. The molecule has 1 N–H and O–H groups in total. The van der Waals surface area contributed by atoms with Gasteiger partial charge >= 0.3 is 0 Å². The van der Waals surface area contributed by atoms with Crippen molar-refractivity contribution < 1.29 is 22.7 Å². The lowest BCUT2D eigenvalue weighted by Crippen LogP contribution is -2.54. The number of amides is 2. The number of methoxy groups -OCH3 is 1. The number of fused-ring (bicyclic) bond motifs is 7. The van der Waals surface area contributed by atoms with Crippen LogP contribution in [0.3, 0.4) is 0 Å². The zero-order valence-electron chi connectivity index (χ0n) is 33.0. The summed E-state index contributed by atoms with van der Waals surface area (Å²) < 4.78 is 38.2. The molecule has 2 aromatic heterocycles. The Labute approximate surface area is 324 Å². The number of ether oxygens (including phenoxy) is 1. The highest BCUT2D eigenvalue weighted by Crippen LogP contribution is 2.48. The number of allylic oxidation sites excluding steroid dienone is 1. The Balaban J connectivity index is 1.33. The lowest BCUT2D eigenvalue weighted by Gasteiger charge is -2.39. The first-order valence-corrected chi connectivity index (χ1v) is 21.7. The maximum Gasteiger partial charge on any atom is 0.264 e. The van der Waals surface area contributed by atoms with Crippen molar-refractivity contribution in [1.29, 1.82) is 0 Å². The minimum atomic E-state index is -3.82. The highest BCUT2D eigenvalue weighted by Gasteiger charge is 2.43.